The molecule has 0 unspecified atom stereocenters. The van der Waals surface area contributed by atoms with Crippen LogP contribution in [-0.4, -0.2) is 34.4 Å². The van der Waals surface area contributed by atoms with Crippen LogP contribution in [0, 0.1) is 11.6 Å². The van der Waals surface area contributed by atoms with Crippen LogP contribution in [0.1, 0.15) is 17.3 Å². The molecular weight excluding hydrogens is 434 g/mol. The summed E-state index contributed by atoms with van der Waals surface area (Å²) in [6, 6.07) is 10.2. The molecule has 156 valence electrons. The fourth-order valence-corrected chi connectivity index (χ4v) is 3.90. The van der Waals surface area contributed by atoms with Crippen LogP contribution in [0.3, 0.4) is 0 Å². The van der Waals surface area contributed by atoms with Crippen molar-refractivity contribution in [2.75, 3.05) is 23.0 Å². The molecule has 0 aliphatic heterocycles. The van der Waals surface area contributed by atoms with Gasteiger partial charge in [-0.15, -0.1) is 10.2 Å². The maximum absolute atomic E-state index is 13.7. The van der Waals surface area contributed by atoms with Gasteiger partial charge < -0.3 is 10.1 Å². The molecule has 0 spiro atoms. The minimum Gasteiger partial charge on any atom is -0.492 e. The molecule has 0 bridgehead atoms. The van der Waals surface area contributed by atoms with Crippen LogP contribution in [0.4, 0.5) is 19.6 Å². The molecule has 0 saturated carbocycles. The summed E-state index contributed by atoms with van der Waals surface area (Å²) >= 11 is 2.10. The minimum absolute atomic E-state index is 0.0466. The number of halogens is 2. The van der Waals surface area contributed by atoms with Gasteiger partial charge in [0, 0.05) is 0 Å². The quantitative estimate of drug-likeness (QED) is 0.395. The lowest BCUT2D eigenvalue weighted by Crippen LogP contribution is -2.15. The number of carbonyl (C=O) groups is 2. The second-order valence-electron chi connectivity index (χ2n) is 5.69. The van der Waals surface area contributed by atoms with Crippen LogP contribution in [-0.2, 0) is 4.79 Å². The zero-order valence-corrected chi connectivity index (χ0v) is 17.3. The van der Waals surface area contributed by atoms with Gasteiger partial charge in [-0.2, -0.15) is 0 Å². The zero-order chi connectivity index (χ0) is 21.5. The predicted molar refractivity (Wildman–Crippen MR) is 111 cm³/mol. The Morgan fingerprint density at radius 2 is 1.80 bits per heavy atom. The summed E-state index contributed by atoms with van der Waals surface area (Å²) in [5, 5.41) is 12.7. The molecule has 30 heavy (non-hydrogen) atoms. The van der Waals surface area contributed by atoms with Gasteiger partial charge in [-0.3, -0.25) is 14.9 Å². The zero-order valence-electron chi connectivity index (χ0n) is 15.6. The number of ether oxygens (including phenoxy) is 1. The Hall–Kier alpha value is -3.05. The molecule has 1 aromatic heterocycles. The van der Waals surface area contributed by atoms with E-state index in [-0.39, 0.29) is 16.8 Å². The van der Waals surface area contributed by atoms with Gasteiger partial charge in [-0.25, -0.2) is 8.78 Å². The monoisotopic (exact) mass is 450 g/mol. The number of hydrogen-bond donors (Lipinski definition) is 2. The largest absolute Gasteiger partial charge is 0.492 e. The Balaban J connectivity index is 1.56. The number of carbonyl (C=O) groups excluding carboxylic acids is 2. The molecule has 11 heteroatoms. The van der Waals surface area contributed by atoms with Gasteiger partial charge in [0.1, 0.15) is 22.9 Å². The van der Waals surface area contributed by atoms with Crippen LogP contribution in [0.25, 0.3) is 0 Å². The average Bonchev–Trinajstić information content (AvgIpc) is 3.15. The van der Waals surface area contributed by atoms with E-state index in [1.807, 2.05) is 6.92 Å². The van der Waals surface area contributed by atoms with E-state index in [2.05, 4.69) is 20.8 Å². The van der Waals surface area contributed by atoms with Crippen LogP contribution >= 0.6 is 23.1 Å². The molecule has 0 fully saturated rings. The van der Waals surface area contributed by atoms with Crippen molar-refractivity contribution in [3.05, 3.63) is 59.7 Å². The smallest absolute Gasteiger partial charge is 0.263 e. The van der Waals surface area contributed by atoms with Crippen LogP contribution < -0.4 is 15.4 Å². The summed E-state index contributed by atoms with van der Waals surface area (Å²) < 4.78 is 33.2. The van der Waals surface area contributed by atoms with Gasteiger partial charge in [-0.05, 0) is 31.2 Å². The van der Waals surface area contributed by atoms with Crippen molar-refractivity contribution in [2.24, 2.45) is 0 Å². The van der Waals surface area contributed by atoms with E-state index >= 15 is 0 Å². The molecule has 3 aromatic rings. The Labute approximate surface area is 178 Å². The first kappa shape index (κ1) is 21.7. The van der Waals surface area contributed by atoms with E-state index in [0.29, 0.717) is 22.4 Å². The van der Waals surface area contributed by atoms with E-state index in [1.165, 1.54) is 6.07 Å². The highest BCUT2D eigenvalue weighted by Gasteiger charge is 2.19. The lowest BCUT2D eigenvalue weighted by Gasteiger charge is -2.10. The fourth-order valence-electron chi connectivity index (χ4n) is 2.36. The Morgan fingerprint density at radius 3 is 2.53 bits per heavy atom. The first-order chi connectivity index (χ1) is 14.5. The second kappa shape index (κ2) is 10.1. The number of hydrogen-bond acceptors (Lipinski definition) is 7. The number of nitrogens with zero attached hydrogens (tertiary/aromatic N) is 2. The second-order valence-corrected chi connectivity index (χ2v) is 7.89. The van der Waals surface area contributed by atoms with E-state index in [4.69, 9.17) is 4.74 Å². The first-order valence-electron chi connectivity index (χ1n) is 8.71. The lowest BCUT2D eigenvalue weighted by molar-refractivity contribution is -0.113. The molecule has 0 saturated heterocycles. The van der Waals surface area contributed by atoms with Crippen molar-refractivity contribution in [2.45, 2.75) is 11.3 Å². The molecule has 2 N–H and O–H groups in total. The van der Waals surface area contributed by atoms with Crippen LogP contribution in [0.2, 0.25) is 0 Å². The lowest BCUT2D eigenvalue weighted by atomic mass is 10.2. The summed E-state index contributed by atoms with van der Waals surface area (Å²) in [5.41, 5.74) is -0.142. The van der Waals surface area contributed by atoms with Gasteiger partial charge in [0.05, 0.1) is 18.0 Å². The van der Waals surface area contributed by atoms with Crippen molar-refractivity contribution < 1.29 is 23.1 Å². The topological polar surface area (TPSA) is 93.2 Å². The third-order valence-electron chi connectivity index (χ3n) is 3.60. The van der Waals surface area contributed by atoms with Gasteiger partial charge >= 0.3 is 0 Å². The normalized spacial score (nSPS) is 10.5. The molecule has 0 aliphatic carbocycles. The fraction of sp³-hybridized carbons (Fsp3) is 0.158. The molecule has 0 atom stereocenters. The number of amides is 2. The summed E-state index contributed by atoms with van der Waals surface area (Å²) in [6.45, 7) is 2.32. The number of para-hydroxylation sites is 2. The number of thioether (sulfide) groups is 1. The highest BCUT2D eigenvalue weighted by Crippen LogP contribution is 2.28. The third-order valence-corrected chi connectivity index (χ3v) is 5.58. The van der Waals surface area contributed by atoms with Crippen molar-refractivity contribution in [3.8, 4) is 5.75 Å². The predicted octanol–water partition coefficient (Wildman–Crippen LogP) is 4.20. The molecule has 0 aliphatic rings. The third kappa shape index (κ3) is 5.51. The van der Waals surface area contributed by atoms with E-state index in [1.54, 1.807) is 24.3 Å². The maximum Gasteiger partial charge on any atom is 0.263 e. The van der Waals surface area contributed by atoms with Crippen molar-refractivity contribution in [1.82, 2.24) is 10.2 Å². The molecule has 0 radical (unpaired) electrons. The number of anilines is 2. The molecule has 3 rings (SSSR count). The average molecular weight is 450 g/mol. The number of rotatable bonds is 8. The van der Waals surface area contributed by atoms with Gasteiger partial charge in [-0.1, -0.05) is 41.3 Å². The molecular formula is C19H16F2N4O3S2. The Morgan fingerprint density at radius 1 is 1.07 bits per heavy atom. The van der Waals surface area contributed by atoms with Gasteiger partial charge in [0.25, 0.3) is 5.91 Å². The standard InChI is InChI=1S/C19H16F2N4O3S2/c1-2-28-14-9-4-3-8-13(14)22-15(26)10-29-19-25-24-18(30-19)23-17(27)16-11(20)6-5-7-12(16)21/h3-9H,2,10H2,1H3,(H,22,26)(H,23,24,27). The minimum atomic E-state index is -0.976. The van der Waals surface area contributed by atoms with E-state index in [0.717, 1.165) is 35.2 Å². The van der Waals surface area contributed by atoms with E-state index < -0.39 is 23.1 Å². The highest BCUT2D eigenvalue weighted by atomic mass is 32.2. The summed E-state index contributed by atoms with van der Waals surface area (Å²) in [5.74, 6) is -2.58. The number of nitrogens with one attached hydrogen (secondary N) is 2. The molecule has 7 nitrogen and oxygen atoms in total. The Bertz CT molecular complexity index is 1040. The Kier molecular flexibility index (Phi) is 7.31. The first-order valence-corrected chi connectivity index (χ1v) is 10.5. The summed E-state index contributed by atoms with van der Waals surface area (Å²) in [6.07, 6.45) is 0. The SMILES string of the molecule is CCOc1ccccc1NC(=O)CSc1nnc(NC(=O)c2c(F)cccc2F)s1. The van der Waals surface area contributed by atoms with E-state index in [9.17, 15) is 18.4 Å². The molecule has 2 amide bonds. The van der Waals surface area contributed by atoms with Crippen LogP contribution in [0.15, 0.2) is 46.8 Å². The van der Waals surface area contributed by atoms with Gasteiger partial charge in [0.2, 0.25) is 11.0 Å². The maximum atomic E-state index is 13.7. The summed E-state index contributed by atoms with van der Waals surface area (Å²) in [7, 11) is 0. The molecule has 2 aromatic carbocycles. The highest BCUT2D eigenvalue weighted by molar-refractivity contribution is 8.01. The van der Waals surface area contributed by atoms with Gasteiger partial charge in [0.15, 0.2) is 4.34 Å². The van der Waals surface area contributed by atoms with Crippen molar-refractivity contribution in [3.63, 3.8) is 0 Å². The summed E-state index contributed by atoms with van der Waals surface area (Å²) in [4.78, 5) is 24.3. The number of benzene rings is 2. The van der Waals surface area contributed by atoms with Crippen LogP contribution in [0.5, 0.6) is 5.75 Å². The molecule has 1 heterocycles. The van der Waals surface area contributed by atoms with Crippen molar-refractivity contribution in [1.29, 1.82) is 0 Å². The van der Waals surface area contributed by atoms with Crippen molar-refractivity contribution >= 4 is 45.7 Å². The number of aromatic nitrogens is 2.